The topological polar surface area (TPSA) is 61.8 Å². The molecule has 2 rings (SSSR count). The smallest absolute Gasteiger partial charge is 0.239 e. The van der Waals surface area contributed by atoms with Gasteiger partial charge < -0.3 is 20.1 Å². The van der Waals surface area contributed by atoms with Crippen LogP contribution < -0.4 is 5.32 Å². The minimum Gasteiger partial charge on any atom is -0.389 e. The van der Waals surface area contributed by atoms with E-state index in [4.69, 9.17) is 4.74 Å². The highest BCUT2D eigenvalue weighted by Gasteiger charge is 2.24. The van der Waals surface area contributed by atoms with E-state index in [9.17, 15) is 9.90 Å². The van der Waals surface area contributed by atoms with Crippen molar-refractivity contribution in [1.82, 2.24) is 10.2 Å². The zero-order valence-corrected chi connectivity index (χ0v) is 14.4. The van der Waals surface area contributed by atoms with E-state index in [2.05, 4.69) is 5.32 Å². The fourth-order valence-electron chi connectivity index (χ4n) is 2.67. The Kier molecular flexibility index (Phi) is 9.17. The molecule has 2 unspecified atom stereocenters. The first-order chi connectivity index (χ1) is 10.7. The van der Waals surface area contributed by atoms with E-state index in [1.54, 1.807) is 11.9 Å². The number of nitrogens with zero attached hydrogens (tertiary/aromatic N) is 1. The predicted molar refractivity (Wildman–Crippen MR) is 92.6 cm³/mol. The summed E-state index contributed by atoms with van der Waals surface area (Å²) in [7, 11) is 1.74. The molecule has 1 aromatic carbocycles. The van der Waals surface area contributed by atoms with Crippen LogP contribution in [0.2, 0.25) is 0 Å². The average molecular weight is 343 g/mol. The number of hydrogen-bond donors (Lipinski definition) is 2. The summed E-state index contributed by atoms with van der Waals surface area (Å²) >= 11 is 0. The van der Waals surface area contributed by atoms with Gasteiger partial charge in [-0.1, -0.05) is 36.8 Å². The van der Waals surface area contributed by atoms with Gasteiger partial charge in [-0.25, -0.2) is 0 Å². The summed E-state index contributed by atoms with van der Waals surface area (Å²) in [5.41, 5.74) is 1.07. The van der Waals surface area contributed by atoms with Crippen molar-refractivity contribution >= 4 is 18.3 Å². The summed E-state index contributed by atoms with van der Waals surface area (Å²) in [4.78, 5) is 13.8. The molecule has 130 valence electrons. The number of carbonyl (C=O) groups is 1. The quantitative estimate of drug-likeness (QED) is 0.790. The molecule has 0 radical (unpaired) electrons. The number of rotatable bonds is 7. The second-order valence-corrected chi connectivity index (χ2v) is 5.88. The first-order valence-electron chi connectivity index (χ1n) is 7.95. The normalized spacial score (nSPS) is 18.8. The number of benzene rings is 1. The Hall–Kier alpha value is -1.14. The third kappa shape index (κ3) is 6.87. The van der Waals surface area contributed by atoms with Crippen LogP contribution in [0.15, 0.2) is 30.3 Å². The molecule has 2 N–H and O–H groups in total. The maximum absolute atomic E-state index is 12.2. The van der Waals surface area contributed by atoms with Crippen LogP contribution in [0.3, 0.4) is 0 Å². The lowest BCUT2D eigenvalue weighted by atomic mass is 10.0. The highest BCUT2D eigenvalue weighted by Crippen LogP contribution is 2.09. The summed E-state index contributed by atoms with van der Waals surface area (Å²) in [5.74, 6) is 0.0572. The molecule has 1 fully saturated rings. The largest absolute Gasteiger partial charge is 0.389 e. The Labute approximate surface area is 144 Å². The van der Waals surface area contributed by atoms with Crippen molar-refractivity contribution in [1.29, 1.82) is 0 Å². The third-order valence-corrected chi connectivity index (χ3v) is 3.89. The van der Waals surface area contributed by atoms with Gasteiger partial charge in [0.15, 0.2) is 0 Å². The Morgan fingerprint density at radius 1 is 1.39 bits per heavy atom. The lowest BCUT2D eigenvalue weighted by Crippen LogP contribution is -2.49. The van der Waals surface area contributed by atoms with Crippen LogP contribution in [0.5, 0.6) is 0 Å². The van der Waals surface area contributed by atoms with Crippen molar-refractivity contribution in [3.05, 3.63) is 35.9 Å². The van der Waals surface area contributed by atoms with Crippen molar-refractivity contribution in [3.63, 3.8) is 0 Å². The highest BCUT2D eigenvalue weighted by atomic mass is 35.5. The molecule has 1 saturated heterocycles. The Morgan fingerprint density at radius 2 is 2.13 bits per heavy atom. The second-order valence-electron chi connectivity index (χ2n) is 5.88. The van der Waals surface area contributed by atoms with Crippen LogP contribution in [0.1, 0.15) is 24.8 Å². The van der Waals surface area contributed by atoms with E-state index >= 15 is 0 Å². The van der Waals surface area contributed by atoms with Crippen LogP contribution >= 0.6 is 12.4 Å². The number of halogens is 1. The van der Waals surface area contributed by atoms with Gasteiger partial charge >= 0.3 is 0 Å². The third-order valence-electron chi connectivity index (χ3n) is 3.89. The average Bonchev–Trinajstić information content (AvgIpc) is 2.56. The fourth-order valence-corrected chi connectivity index (χ4v) is 2.67. The summed E-state index contributed by atoms with van der Waals surface area (Å²) in [6, 6.07) is 9.74. The molecule has 0 aliphatic carbocycles. The first kappa shape index (κ1) is 19.9. The van der Waals surface area contributed by atoms with E-state index in [0.717, 1.165) is 31.4 Å². The molecule has 0 bridgehead atoms. The summed E-state index contributed by atoms with van der Waals surface area (Å²) in [6.07, 6.45) is 2.42. The molecule has 1 heterocycles. The lowest BCUT2D eigenvalue weighted by Gasteiger charge is -2.28. The number of ether oxygens (including phenoxy) is 1. The van der Waals surface area contributed by atoms with Gasteiger partial charge in [0, 0.05) is 13.6 Å². The molecule has 0 aromatic heterocycles. The zero-order chi connectivity index (χ0) is 15.8. The number of carbonyl (C=O) groups excluding carboxylic acids is 1. The molecular formula is C17H27ClN2O3. The van der Waals surface area contributed by atoms with Crippen LogP contribution in [-0.2, 0) is 16.1 Å². The molecular weight excluding hydrogens is 316 g/mol. The minimum atomic E-state index is -0.666. The maximum atomic E-state index is 12.2. The number of aliphatic hydroxyl groups is 1. The summed E-state index contributed by atoms with van der Waals surface area (Å²) in [5, 5.41) is 13.2. The van der Waals surface area contributed by atoms with Crippen molar-refractivity contribution in [2.45, 2.75) is 38.0 Å². The summed E-state index contributed by atoms with van der Waals surface area (Å²) < 4.78 is 5.50. The van der Waals surface area contributed by atoms with Gasteiger partial charge in [0.05, 0.1) is 25.4 Å². The van der Waals surface area contributed by atoms with E-state index in [1.165, 1.54) is 0 Å². The number of likely N-dealkylation sites (N-methyl/N-ethyl adjacent to an activating group) is 1. The van der Waals surface area contributed by atoms with Gasteiger partial charge in [-0.2, -0.15) is 0 Å². The van der Waals surface area contributed by atoms with E-state index in [0.29, 0.717) is 13.2 Å². The van der Waals surface area contributed by atoms with Gasteiger partial charge in [0.1, 0.15) is 0 Å². The van der Waals surface area contributed by atoms with E-state index in [-0.39, 0.29) is 31.0 Å². The maximum Gasteiger partial charge on any atom is 0.239 e. The number of amides is 1. The number of hydrogen-bond acceptors (Lipinski definition) is 4. The van der Waals surface area contributed by atoms with Gasteiger partial charge in [0.2, 0.25) is 5.91 Å². The Morgan fingerprint density at radius 3 is 2.78 bits per heavy atom. The Balaban J connectivity index is 0.00000264. The molecule has 0 spiro atoms. The molecule has 1 aliphatic heterocycles. The van der Waals surface area contributed by atoms with Crippen molar-refractivity contribution in [2.75, 3.05) is 26.7 Å². The molecule has 6 heteroatoms. The van der Waals surface area contributed by atoms with Crippen LogP contribution in [0.4, 0.5) is 0 Å². The van der Waals surface area contributed by atoms with Crippen molar-refractivity contribution in [2.24, 2.45) is 0 Å². The van der Waals surface area contributed by atoms with Crippen LogP contribution in [0.25, 0.3) is 0 Å². The second kappa shape index (κ2) is 10.6. The first-order valence-corrected chi connectivity index (χ1v) is 7.95. The van der Waals surface area contributed by atoms with E-state index < -0.39 is 6.10 Å². The number of nitrogens with one attached hydrogen (secondary N) is 1. The highest BCUT2D eigenvalue weighted by molar-refractivity contribution is 5.85. The Bertz CT molecular complexity index is 452. The summed E-state index contributed by atoms with van der Waals surface area (Å²) in [6.45, 7) is 1.89. The van der Waals surface area contributed by atoms with Gasteiger partial charge in [-0.3, -0.25) is 4.79 Å². The monoisotopic (exact) mass is 342 g/mol. The van der Waals surface area contributed by atoms with Crippen molar-refractivity contribution in [3.8, 4) is 0 Å². The molecule has 1 aliphatic rings. The van der Waals surface area contributed by atoms with Gasteiger partial charge in [-0.15, -0.1) is 12.4 Å². The minimum absolute atomic E-state index is 0. The fraction of sp³-hybridized carbons (Fsp3) is 0.588. The van der Waals surface area contributed by atoms with Crippen molar-refractivity contribution < 1.29 is 14.6 Å². The van der Waals surface area contributed by atoms with Gasteiger partial charge in [0.25, 0.3) is 0 Å². The SMILES string of the molecule is CN(CC(O)COCc1ccccc1)C(=O)C1CCCCN1.Cl. The van der Waals surface area contributed by atoms with Crippen LogP contribution in [0, 0.1) is 0 Å². The zero-order valence-electron chi connectivity index (χ0n) is 13.6. The molecule has 5 nitrogen and oxygen atoms in total. The lowest BCUT2D eigenvalue weighted by molar-refractivity contribution is -0.134. The molecule has 1 amide bonds. The number of aliphatic hydroxyl groups excluding tert-OH is 1. The molecule has 0 saturated carbocycles. The van der Waals surface area contributed by atoms with Gasteiger partial charge in [-0.05, 0) is 24.9 Å². The van der Waals surface area contributed by atoms with E-state index in [1.807, 2.05) is 30.3 Å². The standard InChI is InChI=1S/C17H26N2O3.ClH/c1-19(17(21)16-9-5-6-10-18-16)11-15(20)13-22-12-14-7-3-2-4-8-14;/h2-4,7-8,15-16,18,20H,5-6,9-13H2,1H3;1H. The molecule has 1 aromatic rings. The van der Waals surface area contributed by atoms with Crippen LogP contribution in [-0.4, -0.2) is 54.8 Å². The predicted octanol–water partition coefficient (Wildman–Crippen LogP) is 1.59. The molecule has 2 atom stereocenters. The number of piperidine rings is 1. The molecule has 23 heavy (non-hydrogen) atoms.